The van der Waals surface area contributed by atoms with Crippen molar-refractivity contribution in [2.75, 3.05) is 11.1 Å². The maximum Gasteiger partial charge on any atom is 0.282 e. The van der Waals surface area contributed by atoms with Crippen molar-refractivity contribution in [3.8, 4) is 5.69 Å². The smallest absolute Gasteiger partial charge is 0.282 e. The van der Waals surface area contributed by atoms with E-state index in [4.69, 9.17) is 0 Å². The molecule has 1 amide bonds. The number of aromatic nitrogens is 4. The number of thioether (sulfide) groups is 1. The first-order valence-electron chi connectivity index (χ1n) is 7.93. The van der Waals surface area contributed by atoms with E-state index in [0.29, 0.717) is 5.13 Å². The summed E-state index contributed by atoms with van der Waals surface area (Å²) in [6.45, 7) is 6.02. The van der Waals surface area contributed by atoms with Crippen LogP contribution in [0.4, 0.5) is 5.13 Å². The Hall–Kier alpha value is -2.52. The Bertz CT molecular complexity index is 1010. The van der Waals surface area contributed by atoms with Crippen LogP contribution in [0.5, 0.6) is 0 Å². The van der Waals surface area contributed by atoms with Crippen LogP contribution < -0.4 is 10.7 Å². The molecule has 0 atom stereocenters. The molecule has 0 unspecified atom stereocenters. The van der Waals surface area contributed by atoms with Gasteiger partial charge in [-0.15, -0.1) is 10.2 Å². The van der Waals surface area contributed by atoms with Crippen molar-refractivity contribution in [2.24, 2.45) is 0 Å². The van der Waals surface area contributed by atoms with E-state index in [1.54, 1.807) is 6.20 Å². The topological polar surface area (TPSA) is 89.8 Å². The van der Waals surface area contributed by atoms with Crippen molar-refractivity contribution in [1.82, 2.24) is 20.0 Å². The monoisotopic (exact) mass is 387 g/mol. The number of anilines is 1. The van der Waals surface area contributed by atoms with Crippen LogP contribution in [0.2, 0.25) is 0 Å². The summed E-state index contributed by atoms with van der Waals surface area (Å²) in [4.78, 5) is 24.5. The van der Waals surface area contributed by atoms with Crippen LogP contribution in [0.1, 0.15) is 28.5 Å². The zero-order valence-electron chi connectivity index (χ0n) is 14.5. The Labute approximate surface area is 158 Å². The highest BCUT2D eigenvalue weighted by atomic mass is 32.2. The number of amides is 1. The molecular formula is C17H17N5O2S2. The van der Waals surface area contributed by atoms with Crippen LogP contribution in [-0.4, -0.2) is 31.6 Å². The first-order chi connectivity index (χ1) is 12.5. The van der Waals surface area contributed by atoms with Gasteiger partial charge in [0.1, 0.15) is 0 Å². The normalized spacial score (nSPS) is 10.7. The fourth-order valence-corrected chi connectivity index (χ4v) is 3.82. The van der Waals surface area contributed by atoms with Gasteiger partial charge in [0, 0.05) is 12.3 Å². The number of nitrogens with one attached hydrogen (secondary N) is 1. The van der Waals surface area contributed by atoms with Gasteiger partial charge in [-0.25, -0.2) is 4.68 Å². The van der Waals surface area contributed by atoms with Gasteiger partial charge in [0.2, 0.25) is 10.6 Å². The van der Waals surface area contributed by atoms with Crippen molar-refractivity contribution < 1.29 is 4.79 Å². The first-order valence-corrected chi connectivity index (χ1v) is 9.73. The minimum absolute atomic E-state index is 0.189. The Balaban J connectivity index is 1.87. The van der Waals surface area contributed by atoms with Crippen LogP contribution in [0.15, 0.2) is 39.6 Å². The van der Waals surface area contributed by atoms with E-state index in [9.17, 15) is 9.59 Å². The predicted molar refractivity (Wildman–Crippen MR) is 104 cm³/mol. The number of carbonyl (C=O) groups excluding carboxylic acids is 1. The van der Waals surface area contributed by atoms with Crippen molar-refractivity contribution in [2.45, 2.75) is 25.1 Å². The van der Waals surface area contributed by atoms with E-state index >= 15 is 0 Å². The molecule has 7 nitrogen and oxygen atoms in total. The molecule has 2 heterocycles. The third kappa shape index (κ3) is 4.00. The van der Waals surface area contributed by atoms with E-state index in [0.717, 1.165) is 26.9 Å². The highest BCUT2D eigenvalue weighted by Gasteiger charge is 2.16. The molecule has 26 heavy (non-hydrogen) atoms. The molecule has 0 aliphatic rings. The van der Waals surface area contributed by atoms with E-state index in [2.05, 4.69) is 20.6 Å². The lowest BCUT2D eigenvalue weighted by atomic mass is 10.1. The van der Waals surface area contributed by atoms with Gasteiger partial charge < -0.3 is 0 Å². The third-order valence-corrected chi connectivity index (χ3v) is 5.53. The molecule has 134 valence electrons. The second-order valence-electron chi connectivity index (χ2n) is 5.50. The fourth-order valence-electron chi connectivity index (χ4n) is 2.18. The summed E-state index contributed by atoms with van der Waals surface area (Å²) in [5.74, 6) is 0.265. The van der Waals surface area contributed by atoms with Gasteiger partial charge in [-0.3, -0.25) is 14.9 Å². The molecule has 1 aromatic carbocycles. The second-order valence-corrected chi connectivity index (χ2v) is 7.99. The largest absolute Gasteiger partial charge is 0.295 e. The average molecular weight is 387 g/mol. The van der Waals surface area contributed by atoms with Crippen LogP contribution in [0.25, 0.3) is 5.69 Å². The molecule has 3 rings (SSSR count). The molecule has 0 aliphatic heterocycles. The molecule has 0 saturated carbocycles. The Morgan fingerprint density at radius 3 is 2.77 bits per heavy atom. The van der Waals surface area contributed by atoms with Crippen LogP contribution in [0, 0.1) is 13.8 Å². The summed E-state index contributed by atoms with van der Waals surface area (Å²) >= 11 is 2.80. The van der Waals surface area contributed by atoms with Gasteiger partial charge in [0.25, 0.3) is 5.91 Å². The van der Waals surface area contributed by atoms with E-state index in [1.807, 2.05) is 39.0 Å². The molecule has 1 N–H and O–H groups in total. The van der Waals surface area contributed by atoms with Crippen LogP contribution >= 0.6 is 23.1 Å². The number of carbonyl (C=O) groups is 1. The molecule has 0 spiro atoms. The third-order valence-electron chi connectivity index (χ3n) is 3.67. The first kappa shape index (κ1) is 18.3. The SMILES string of the molecule is CCSc1nnc(NC(=O)c2nn(-c3ccc(C)c(C)c3)ccc2=O)s1. The predicted octanol–water partition coefficient (Wildman–Crippen LogP) is 3.07. The number of hydrogen-bond donors (Lipinski definition) is 1. The van der Waals surface area contributed by atoms with Crippen molar-refractivity contribution >= 4 is 34.1 Å². The number of nitrogens with zero attached hydrogens (tertiary/aromatic N) is 4. The lowest BCUT2D eigenvalue weighted by Gasteiger charge is -2.09. The second kappa shape index (κ2) is 7.79. The minimum atomic E-state index is -0.600. The van der Waals surface area contributed by atoms with Gasteiger partial charge in [0.15, 0.2) is 10.0 Å². The lowest BCUT2D eigenvalue weighted by molar-refractivity contribution is 0.101. The fraction of sp³-hybridized carbons (Fsp3) is 0.235. The van der Waals surface area contributed by atoms with Gasteiger partial charge >= 0.3 is 0 Å². The van der Waals surface area contributed by atoms with Crippen molar-refractivity contribution in [3.63, 3.8) is 0 Å². The maximum atomic E-state index is 12.5. The summed E-state index contributed by atoms with van der Waals surface area (Å²) < 4.78 is 2.28. The van der Waals surface area contributed by atoms with Gasteiger partial charge in [-0.05, 0) is 42.9 Å². The van der Waals surface area contributed by atoms with E-state index in [1.165, 1.54) is 33.8 Å². The molecule has 0 radical (unpaired) electrons. The molecule has 3 aromatic rings. The summed E-state index contributed by atoms with van der Waals surface area (Å²) in [5, 5.41) is 15.0. The Kier molecular flexibility index (Phi) is 5.48. The van der Waals surface area contributed by atoms with Crippen molar-refractivity contribution in [3.05, 3.63) is 57.5 Å². The molecular weight excluding hydrogens is 370 g/mol. The zero-order valence-corrected chi connectivity index (χ0v) is 16.1. The Morgan fingerprint density at radius 2 is 2.04 bits per heavy atom. The summed E-state index contributed by atoms with van der Waals surface area (Å²) in [6, 6.07) is 7.14. The molecule has 0 aliphatic carbocycles. The number of benzene rings is 1. The summed E-state index contributed by atoms with van der Waals surface area (Å²) in [6.07, 6.45) is 1.55. The standard InChI is InChI=1S/C17H17N5O2S2/c1-4-25-17-20-19-16(26-17)18-15(24)14-13(23)7-8-22(21-14)12-6-5-10(2)11(3)9-12/h5-9H,4H2,1-3H3,(H,18,19,24). The number of rotatable bonds is 5. The van der Waals surface area contributed by atoms with E-state index in [-0.39, 0.29) is 5.69 Å². The number of aryl methyl sites for hydroxylation is 2. The zero-order chi connectivity index (χ0) is 18.7. The summed E-state index contributed by atoms with van der Waals surface area (Å²) in [7, 11) is 0. The van der Waals surface area contributed by atoms with Crippen molar-refractivity contribution in [1.29, 1.82) is 0 Å². The average Bonchev–Trinajstić information content (AvgIpc) is 3.05. The molecule has 9 heteroatoms. The molecule has 0 saturated heterocycles. The summed E-state index contributed by atoms with van der Waals surface area (Å²) in [5.41, 5.74) is 2.40. The maximum absolute atomic E-state index is 12.5. The van der Waals surface area contributed by atoms with Crippen LogP contribution in [-0.2, 0) is 0 Å². The highest BCUT2D eigenvalue weighted by Crippen LogP contribution is 2.25. The lowest BCUT2D eigenvalue weighted by Crippen LogP contribution is -2.25. The van der Waals surface area contributed by atoms with E-state index < -0.39 is 11.3 Å². The Morgan fingerprint density at radius 1 is 1.23 bits per heavy atom. The minimum Gasteiger partial charge on any atom is -0.295 e. The van der Waals surface area contributed by atoms with Crippen LogP contribution in [0.3, 0.4) is 0 Å². The quantitative estimate of drug-likeness (QED) is 0.534. The highest BCUT2D eigenvalue weighted by molar-refractivity contribution is 8.01. The molecule has 0 fully saturated rings. The van der Waals surface area contributed by atoms with Gasteiger partial charge in [-0.2, -0.15) is 5.10 Å². The molecule has 2 aromatic heterocycles. The molecule has 0 bridgehead atoms. The van der Waals surface area contributed by atoms with Gasteiger partial charge in [0.05, 0.1) is 5.69 Å². The number of hydrogen-bond acceptors (Lipinski definition) is 7. The van der Waals surface area contributed by atoms with Gasteiger partial charge in [-0.1, -0.05) is 36.1 Å².